The summed E-state index contributed by atoms with van der Waals surface area (Å²) in [5.41, 5.74) is 2.76. The van der Waals surface area contributed by atoms with Crippen molar-refractivity contribution in [2.24, 2.45) is 0 Å². The Morgan fingerprint density at radius 1 is 1.35 bits per heavy atom. The van der Waals surface area contributed by atoms with Gasteiger partial charge >= 0.3 is 0 Å². The van der Waals surface area contributed by atoms with Gasteiger partial charge in [-0.1, -0.05) is 6.92 Å². The van der Waals surface area contributed by atoms with E-state index in [0.29, 0.717) is 34.9 Å². The molecule has 0 spiro atoms. The first kappa shape index (κ1) is 13.8. The molecule has 0 amide bonds. The number of nitriles is 1. The van der Waals surface area contributed by atoms with Crippen LogP contribution in [0.25, 0.3) is 0 Å². The van der Waals surface area contributed by atoms with Crippen molar-refractivity contribution in [2.75, 3.05) is 0 Å². The van der Waals surface area contributed by atoms with Crippen LogP contribution in [0.15, 0.2) is 30.3 Å². The number of aldehydes is 1. The van der Waals surface area contributed by atoms with Crippen molar-refractivity contribution >= 4 is 6.29 Å². The Morgan fingerprint density at radius 3 is 2.75 bits per heavy atom. The molecule has 0 aliphatic carbocycles. The highest BCUT2D eigenvalue weighted by Gasteiger charge is 2.06. The lowest BCUT2D eigenvalue weighted by molar-refractivity contribution is 0.112. The molecule has 1 aromatic carbocycles. The molecule has 1 aromatic heterocycles. The molecule has 1 heterocycles. The van der Waals surface area contributed by atoms with Crippen molar-refractivity contribution in [3.63, 3.8) is 0 Å². The minimum Gasteiger partial charge on any atom is -0.439 e. The van der Waals surface area contributed by atoms with E-state index in [4.69, 9.17) is 10.00 Å². The quantitative estimate of drug-likeness (QED) is 0.795. The fourth-order valence-corrected chi connectivity index (χ4v) is 1.89. The zero-order chi connectivity index (χ0) is 14.5. The number of aryl methyl sites for hydroxylation is 2. The van der Waals surface area contributed by atoms with E-state index >= 15 is 0 Å². The molecular weight excluding hydrogens is 252 g/mol. The van der Waals surface area contributed by atoms with Crippen LogP contribution < -0.4 is 4.74 Å². The summed E-state index contributed by atoms with van der Waals surface area (Å²) in [7, 11) is 0. The molecule has 4 nitrogen and oxygen atoms in total. The van der Waals surface area contributed by atoms with E-state index in [1.807, 2.05) is 13.8 Å². The molecule has 0 fully saturated rings. The average Bonchev–Trinajstić information content (AvgIpc) is 2.47. The zero-order valence-corrected chi connectivity index (χ0v) is 11.4. The van der Waals surface area contributed by atoms with E-state index in [0.717, 1.165) is 11.8 Å². The second-order valence-corrected chi connectivity index (χ2v) is 4.35. The summed E-state index contributed by atoms with van der Waals surface area (Å²) in [5.74, 6) is 1.06. The maximum absolute atomic E-state index is 10.9. The lowest BCUT2D eigenvalue weighted by Crippen LogP contribution is -1.98. The van der Waals surface area contributed by atoms with E-state index < -0.39 is 0 Å². The highest BCUT2D eigenvalue weighted by atomic mass is 16.5. The summed E-state index contributed by atoms with van der Waals surface area (Å²) in [6, 6.07) is 10.7. The van der Waals surface area contributed by atoms with Crippen LogP contribution in [0.5, 0.6) is 11.6 Å². The number of carbonyl (C=O) groups is 1. The maximum atomic E-state index is 10.9. The lowest BCUT2D eigenvalue weighted by atomic mass is 10.1. The van der Waals surface area contributed by atoms with E-state index in [2.05, 4.69) is 11.1 Å². The average molecular weight is 266 g/mol. The van der Waals surface area contributed by atoms with Gasteiger partial charge in [0.1, 0.15) is 5.75 Å². The zero-order valence-electron chi connectivity index (χ0n) is 11.4. The molecular formula is C16H14N2O2. The number of carbonyl (C=O) groups excluding carboxylic acids is 1. The molecule has 0 saturated carbocycles. The molecule has 4 heteroatoms. The first-order valence-electron chi connectivity index (χ1n) is 6.31. The summed E-state index contributed by atoms with van der Waals surface area (Å²) in [6.45, 7) is 3.79. The smallest absolute Gasteiger partial charge is 0.219 e. The first-order valence-corrected chi connectivity index (χ1v) is 6.31. The molecule has 0 saturated heterocycles. The highest BCUT2D eigenvalue weighted by Crippen LogP contribution is 2.23. The van der Waals surface area contributed by atoms with Crippen LogP contribution in [0.1, 0.15) is 34.1 Å². The Labute approximate surface area is 117 Å². The number of ether oxygens (including phenoxy) is 1. The van der Waals surface area contributed by atoms with Gasteiger partial charge in [0.15, 0.2) is 6.29 Å². The summed E-state index contributed by atoms with van der Waals surface area (Å²) in [5, 5.41) is 8.89. The van der Waals surface area contributed by atoms with Crippen LogP contribution in [0.3, 0.4) is 0 Å². The van der Waals surface area contributed by atoms with Crippen molar-refractivity contribution < 1.29 is 9.53 Å². The Balaban J connectivity index is 2.28. The van der Waals surface area contributed by atoms with Gasteiger partial charge < -0.3 is 4.74 Å². The minimum atomic E-state index is 0.441. The second kappa shape index (κ2) is 5.98. The molecule has 0 unspecified atom stereocenters. The van der Waals surface area contributed by atoms with Crippen LogP contribution in [0.4, 0.5) is 0 Å². The van der Waals surface area contributed by atoms with Crippen molar-refractivity contribution in [1.29, 1.82) is 5.26 Å². The molecule has 0 atom stereocenters. The van der Waals surface area contributed by atoms with Gasteiger partial charge in [-0.15, -0.1) is 0 Å². The van der Waals surface area contributed by atoms with Gasteiger partial charge in [-0.25, -0.2) is 4.98 Å². The normalized spacial score (nSPS) is 9.85. The number of pyridine rings is 1. The minimum absolute atomic E-state index is 0.441. The van der Waals surface area contributed by atoms with Gasteiger partial charge in [0.2, 0.25) is 5.88 Å². The Bertz CT molecular complexity index is 687. The van der Waals surface area contributed by atoms with E-state index in [1.54, 1.807) is 30.3 Å². The molecule has 0 N–H and O–H groups in total. The van der Waals surface area contributed by atoms with Crippen LogP contribution in [-0.4, -0.2) is 11.3 Å². The molecule has 0 aliphatic rings. The standard InChI is InChI=1S/C16H14N2O2/c1-3-15-13(10-19)5-7-16(18-15)20-14-6-4-12(9-17)11(2)8-14/h4-8,10H,3H2,1-2H3. The summed E-state index contributed by atoms with van der Waals surface area (Å²) in [6.07, 6.45) is 1.46. The van der Waals surface area contributed by atoms with Gasteiger partial charge in [-0.3, -0.25) is 4.79 Å². The summed E-state index contributed by atoms with van der Waals surface area (Å²) in [4.78, 5) is 15.2. The van der Waals surface area contributed by atoms with Gasteiger partial charge in [0.25, 0.3) is 0 Å². The SMILES string of the molecule is CCc1nc(Oc2ccc(C#N)c(C)c2)ccc1C=O. The van der Waals surface area contributed by atoms with Gasteiger partial charge in [0.05, 0.1) is 17.3 Å². The van der Waals surface area contributed by atoms with Gasteiger partial charge in [0, 0.05) is 11.6 Å². The van der Waals surface area contributed by atoms with Gasteiger partial charge in [-0.05, 0) is 43.2 Å². The summed E-state index contributed by atoms with van der Waals surface area (Å²) < 4.78 is 5.66. The van der Waals surface area contributed by atoms with Crippen molar-refractivity contribution in [1.82, 2.24) is 4.98 Å². The monoisotopic (exact) mass is 266 g/mol. The Morgan fingerprint density at radius 2 is 2.15 bits per heavy atom. The highest BCUT2D eigenvalue weighted by molar-refractivity contribution is 5.76. The van der Waals surface area contributed by atoms with Crippen molar-refractivity contribution in [2.45, 2.75) is 20.3 Å². The number of hydrogen-bond donors (Lipinski definition) is 0. The number of hydrogen-bond acceptors (Lipinski definition) is 4. The van der Waals surface area contributed by atoms with E-state index in [1.165, 1.54) is 0 Å². The largest absolute Gasteiger partial charge is 0.439 e. The molecule has 0 radical (unpaired) electrons. The number of rotatable bonds is 4. The molecule has 0 aliphatic heterocycles. The Hall–Kier alpha value is -2.67. The van der Waals surface area contributed by atoms with Crippen LogP contribution in [-0.2, 0) is 6.42 Å². The van der Waals surface area contributed by atoms with Crippen LogP contribution in [0.2, 0.25) is 0 Å². The van der Waals surface area contributed by atoms with Crippen molar-refractivity contribution in [3.8, 4) is 17.7 Å². The molecule has 2 rings (SSSR count). The fourth-order valence-electron chi connectivity index (χ4n) is 1.89. The topological polar surface area (TPSA) is 63.0 Å². The number of aromatic nitrogens is 1. The van der Waals surface area contributed by atoms with Crippen molar-refractivity contribution in [3.05, 3.63) is 52.7 Å². The predicted octanol–water partition coefficient (Wildman–Crippen LogP) is 3.43. The van der Waals surface area contributed by atoms with E-state index in [-0.39, 0.29) is 0 Å². The lowest BCUT2D eigenvalue weighted by Gasteiger charge is -2.08. The number of nitrogens with zero attached hydrogens (tertiary/aromatic N) is 2. The molecule has 0 bridgehead atoms. The molecule has 20 heavy (non-hydrogen) atoms. The summed E-state index contributed by atoms with van der Waals surface area (Å²) >= 11 is 0. The van der Waals surface area contributed by atoms with Crippen LogP contribution >= 0.6 is 0 Å². The predicted molar refractivity (Wildman–Crippen MR) is 75.0 cm³/mol. The second-order valence-electron chi connectivity index (χ2n) is 4.35. The molecule has 100 valence electrons. The van der Waals surface area contributed by atoms with Gasteiger partial charge in [-0.2, -0.15) is 5.26 Å². The first-order chi connectivity index (χ1) is 9.67. The van der Waals surface area contributed by atoms with E-state index in [9.17, 15) is 4.79 Å². The maximum Gasteiger partial charge on any atom is 0.219 e. The number of benzene rings is 1. The third-order valence-electron chi connectivity index (χ3n) is 2.99. The third-order valence-corrected chi connectivity index (χ3v) is 2.99. The fraction of sp³-hybridized carbons (Fsp3) is 0.188. The molecule has 2 aromatic rings. The Kier molecular flexibility index (Phi) is 4.11. The van der Waals surface area contributed by atoms with Crippen LogP contribution in [0, 0.1) is 18.3 Å². The third kappa shape index (κ3) is 2.83.